The van der Waals surface area contributed by atoms with E-state index >= 15 is 0 Å². The second kappa shape index (κ2) is 6.47. The predicted octanol–water partition coefficient (Wildman–Crippen LogP) is 1.16. The SMILES string of the molecule is CC(=O)NCCNC(=O)c1ccccc1I. The molecule has 5 heteroatoms. The highest BCUT2D eigenvalue weighted by Crippen LogP contribution is 2.10. The van der Waals surface area contributed by atoms with Gasteiger partial charge in [-0.15, -0.1) is 0 Å². The van der Waals surface area contributed by atoms with Crippen molar-refractivity contribution in [3.05, 3.63) is 33.4 Å². The second-order valence-electron chi connectivity index (χ2n) is 3.22. The lowest BCUT2D eigenvalue weighted by molar-refractivity contribution is -0.118. The maximum atomic E-state index is 11.7. The molecule has 0 aliphatic carbocycles. The van der Waals surface area contributed by atoms with E-state index in [0.29, 0.717) is 18.7 Å². The Kier molecular flexibility index (Phi) is 5.24. The third kappa shape index (κ3) is 4.18. The lowest BCUT2D eigenvalue weighted by atomic mass is 10.2. The number of hydrogen-bond donors (Lipinski definition) is 2. The summed E-state index contributed by atoms with van der Waals surface area (Å²) in [6.45, 7) is 2.33. The third-order valence-corrected chi connectivity index (χ3v) is 2.84. The molecule has 0 aliphatic rings. The van der Waals surface area contributed by atoms with Crippen molar-refractivity contribution in [1.82, 2.24) is 10.6 Å². The van der Waals surface area contributed by atoms with Crippen LogP contribution in [0, 0.1) is 3.57 Å². The fourth-order valence-electron chi connectivity index (χ4n) is 1.16. The van der Waals surface area contributed by atoms with Crippen LogP contribution in [0.3, 0.4) is 0 Å². The number of benzene rings is 1. The van der Waals surface area contributed by atoms with Crippen LogP contribution in [0.5, 0.6) is 0 Å². The Bertz CT molecular complexity index is 393. The summed E-state index contributed by atoms with van der Waals surface area (Å²) >= 11 is 2.12. The summed E-state index contributed by atoms with van der Waals surface area (Å²) in [7, 11) is 0. The normalized spacial score (nSPS) is 9.62. The summed E-state index contributed by atoms with van der Waals surface area (Å²) in [6.07, 6.45) is 0. The Balaban J connectivity index is 2.41. The minimum Gasteiger partial charge on any atom is -0.355 e. The first-order chi connectivity index (χ1) is 7.61. The number of amides is 2. The molecule has 0 saturated heterocycles. The van der Waals surface area contributed by atoms with Crippen LogP contribution in [0.15, 0.2) is 24.3 Å². The molecule has 0 bridgehead atoms. The molecule has 86 valence electrons. The Labute approximate surface area is 108 Å². The molecule has 0 aromatic heterocycles. The molecule has 0 spiro atoms. The van der Waals surface area contributed by atoms with Crippen molar-refractivity contribution >= 4 is 34.4 Å². The number of carbonyl (C=O) groups excluding carboxylic acids is 2. The van der Waals surface area contributed by atoms with E-state index < -0.39 is 0 Å². The third-order valence-electron chi connectivity index (χ3n) is 1.90. The second-order valence-corrected chi connectivity index (χ2v) is 4.38. The molecule has 4 nitrogen and oxygen atoms in total. The van der Waals surface area contributed by atoms with Crippen LogP contribution in [0.2, 0.25) is 0 Å². The molecule has 0 unspecified atom stereocenters. The lowest BCUT2D eigenvalue weighted by Crippen LogP contribution is -2.33. The van der Waals surface area contributed by atoms with Crippen molar-refractivity contribution < 1.29 is 9.59 Å². The van der Waals surface area contributed by atoms with Crippen LogP contribution in [0.1, 0.15) is 17.3 Å². The molecule has 1 aromatic carbocycles. The molecule has 1 rings (SSSR count). The number of rotatable bonds is 4. The van der Waals surface area contributed by atoms with Crippen LogP contribution in [-0.4, -0.2) is 24.9 Å². The van der Waals surface area contributed by atoms with Gasteiger partial charge in [-0.05, 0) is 34.7 Å². The molecule has 0 saturated carbocycles. The van der Waals surface area contributed by atoms with E-state index in [1.165, 1.54) is 6.92 Å². The van der Waals surface area contributed by atoms with Gasteiger partial charge in [0.25, 0.3) is 5.91 Å². The van der Waals surface area contributed by atoms with Gasteiger partial charge in [-0.3, -0.25) is 9.59 Å². The smallest absolute Gasteiger partial charge is 0.252 e. The highest BCUT2D eigenvalue weighted by molar-refractivity contribution is 14.1. The first kappa shape index (κ1) is 13.0. The molecule has 2 N–H and O–H groups in total. The maximum Gasteiger partial charge on any atom is 0.252 e. The zero-order chi connectivity index (χ0) is 12.0. The molecule has 16 heavy (non-hydrogen) atoms. The number of nitrogens with one attached hydrogen (secondary N) is 2. The van der Waals surface area contributed by atoms with E-state index in [1.807, 2.05) is 18.2 Å². The fourth-order valence-corrected chi connectivity index (χ4v) is 1.79. The van der Waals surface area contributed by atoms with Crippen molar-refractivity contribution in [2.24, 2.45) is 0 Å². The van der Waals surface area contributed by atoms with Gasteiger partial charge in [-0.1, -0.05) is 12.1 Å². The number of halogens is 1. The Hall–Kier alpha value is -1.11. The summed E-state index contributed by atoms with van der Waals surface area (Å²) < 4.78 is 0.914. The van der Waals surface area contributed by atoms with Crippen LogP contribution in [0.25, 0.3) is 0 Å². The Morgan fingerprint density at radius 3 is 2.44 bits per heavy atom. The van der Waals surface area contributed by atoms with Gasteiger partial charge in [-0.2, -0.15) is 0 Å². The fraction of sp³-hybridized carbons (Fsp3) is 0.273. The van der Waals surface area contributed by atoms with Gasteiger partial charge in [-0.25, -0.2) is 0 Å². The van der Waals surface area contributed by atoms with Crippen molar-refractivity contribution in [3.8, 4) is 0 Å². The molecule has 0 heterocycles. The molecule has 2 amide bonds. The molecule has 1 aromatic rings. The zero-order valence-electron chi connectivity index (χ0n) is 8.92. The average molecular weight is 332 g/mol. The van der Waals surface area contributed by atoms with E-state index in [0.717, 1.165) is 3.57 Å². The van der Waals surface area contributed by atoms with Crippen LogP contribution < -0.4 is 10.6 Å². The molecule has 0 radical (unpaired) electrons. The van der Waals surface area contributed by atoms with Crippen molar-refractivity contribution in [2.45, 2.75) is 6.92 Å². The first-order valence-electron chi connectivity index (χ1n) is 4.88. The Morgan fingerprint density at radius 1 is 1.19 bits per heavy atom. The van der Waals surface area contributed by atoms with E-state index in [-0.39, 0.29) is 11.8 Å². The number of carbonyl (C=O) groups is 2. The predicted molar refractivity (Wildman–Crippen MR) is 70.2 cm³/mol. The van der Waals surface area contributed by atoms with E-state index in [9.17, 15) is 9.59 Å². The molecule has 0 fully saturated rings. The maximum absolute atomic E-state index is 11.7. The van der Waals surface area contributed by atoms with Gasteiger partial charge in [0.2, 0.25) is 5.91 Å². The number of hydrogen-bond acceptors (Lipinski definition) is 2. The molecular formula is C11H13IN2O2. The largest absolute Gasteiger partial charge is 0.355 e. The van der Waals surface area contributed by atoms with Gasteiger partial charge in [0.1, 0.15) is 0 Å². The van der Waals surface area contributed by atoms with Crippen molar-refractivity contribution in [3.63, 3.8) is 0 Å². The van der Waals surface area contributed by atoms with E-state index in [4.69, 9.17) is 0 Å². The Morgan fingerprint density at radius 2 is 1.81 bits per heavy atom. The molecule has 0 aliphatic heterocycles. The van der Waals surface area contributed by atoms with Crippen molar-refractivity contribution in [1.29, 1.82) is 0 Å². The summed E-state index contributed by atoms with van der Waals surface area (Å²) in [5.41, 5.74) is 0.658. The van der Waals surface area contributed by atoms with Crippen LogP contribution >= 0.6 is 22.6 Å². The first-order valence-corrected chi connectivity index (χ1v) is 5.96. The van der Waals surface area contributed by atoms with Gasteiger partial charge in [0.15, 0.2) is 0 Å². The van der Waals surface area contributed by atoms with Crippen LogP contribution in [0.4, 0.5) is 0 Å². The molecule has 0 atom stereocenters. The monoisotopic (exact) mass is 332 g/mol. The van der Waals surface area contributed by atoms with Gasteiger partial charge >= 0.3 is 0 Å². The quantitative estimate of drug-likeness (QED) is 0.642. The lowest BCUT2D eigenvalue weighted by Gasteiger charge is -2.06. The highest BCUT2D eigenvalue weighted by atomic mass is 127. The zero-order valence-corrected chi connectivity index (χ0v) is 11.1. The summed E-state index contributed by atoms with van der Waals surface area (Å²) in [6, 6.07) is 7.36. The average Bonchev–Trinajstić information content (AvgIpc) is 2.24. The minimum atomic E-state index is -0.115. The van der Waals surface area contributed by atoms with Gasteiger partial charge in [0.05, 0.1) is 5.56 Å². The van der Waals surface area contributed by atoms with Crippen molar-refractivity contribution in [2.75, 3.05) is 13.1 Å². The summed E-state index contributed by atoms with van der Waals surface area (Å²) in [4.78, 5) is 22.3. The van der Waals surface area contributed by atoms with Gasteiger partial charge < -0.3 is 10.6 Å². The summed E-state index contributed by atoms with van der Waals surface area (Å²) in [5.74, 6) is -0.209. The van der Waals surface area contributed by atoms with E-state index in [2.05, 4.69) is 33.2 Å². The topological polar surface area (TPSA) is 58.2 Å². The van der Waals surface area contributed by atoms with Gasteiger partial charge in [0, 0.05) is 23.6 Å². The minimum absolute atomic E-state index is 0.0939. The standard InChI is InChI=1S/C11H13IN2O2/c1-8(15)13-6-7-14-11(16)9-4-2-3-5-10(9)12/h2-5H,6-7H2,1H3,(H,13,15)(H,14,16). The van der Waals surface area contributed by atoms with E-state index in [1.54, 1.807) is 6.07 Å². The van der Waals surface area contributed by atoms with Crippen LogP contribution in [-0.2, 0) is 4.79 Å². The summed E-state index contributed by atoms with van der Waals surface area (Å²) in [5, 5.41) is 5.35. The highest BCUT2D eigenvalue weighted by Gasteiger charge is 2.07. The molecular weight excluding hydrogens is 319 g/mol.